The van der Waals surface area contributed by atoms with E-state index in [4.69, 9.17) is 0 Å². The molecular formula is C14H27N3S. The minimum Gasteiger partial charge on any atom is -0.358 e. The van der Waals surface area contributed by atoms with Crippen LogP contribution in [0.5, 0.6) is 0 Å². The Hall–Kier alpha value is -0.640. The standard InChI is InChI=1S/C14H27N3S/c1-10(2)8-7-9-11(3)15-13-16-12(17-18-13)14(4,5)6/h10-11H,7-9H2,1-6H3,(H,15,16,17). The van der Waals surface area contributed by atoms with Gasteiger partial charge in [-0.05, 0) is 19.3 Å². The molecule has 0 amide bonds. The second kappa shape index (κ2) is 6.50. The fourth-order valence-electron chi connectivity index (χ4n) is 1.70. The number of aromatic nitrogens is 2. The third-order valence-electron chi connectivity index (χ3n) is 2.89. The van der Waals surface area contributed by atoms with E-state index >= 15 is 0 Å². The maximum Gasteiger partial charge on any atom is 0.202 e. The summed E-state index contributed by atoms with van der Waals surface area (Å²) in [6.07, 6.45) is 3.77. The molecule has 18 heavy (non-hydrogen) atoms. The number of nitrogens with one attached hydrogen (secondary N) is 1. The molecule has 1 unspecified atom stereocenters. The van der Waals surface area contributed by atoms with Gasteiger partial charge in [0.25, 0.3) is 0 Å². The summed E-state index contributed by atoms with van der Waals surface area (Å²) in [7, 11) is 0. The Morgan fingerprint density at radius 1 is 1.17 bits per heavy atom. The second-order valence-electron chi connectivity index (χ2n) is 6.54. The third-order valence-corrected chi connectivity index (χ3v) is 3.53. The first-order valence-electron chi connectivity index (χ1n) is 6.89. The lowest BCUT2D eigenvalue weighted by molar-refractivity contribution is 0.519. The van der Waals surface area contributed by atoms with Crippen LogP contribution in [0.1, 0.15) is 66.6 Å². The van der Waals surface area contributed by atoms with Crippen molar-refractivity contribution in [3.05, 3.63) is 5.82 Å². The molecule has 104 valence electrons. The van der Waals surface area contributed by atoms with Crippen LogP contribution in [0.25, 0.3) is 0 Å². The molecule has 1 aromatic heterocycles. The highest BCUT2D eigenvalue weighted by atomic mass is 32.1. The van der Waals surface area contributed by atoms with Crippen LogP contribution in [-0.2, 0) is 5.41 Å². The summed E-state index contributed by atoms with van der Waals surface area (Å²) in [6.45, 7) is 13.2. The van der Waals surface area contributed by atoms with Crippen LogP contribution in [0.15, 0.2) is 0 Å². The SMILES string of the molecule is CC(C)CCCC(C)Nc1nc(C(C)(C)C)ns1. The molecule has 0 spiro atoms. The highest BCUT2D eigenvalue weighted by Crippen LogP contribution is 2.23. The van der Waals surface area contributed by atoms with Gasteiger partial charge in [0.1, 0.15) is 5.82 Å². The van der Waals surface area contributed by atoms with E-state index in [1.165, 1.54) is 30.8 Å². The normalized spacial score (nSPS) is 13.9. The Labute approximate surface area is 116 Å². The van der Waals surface area contributed by atoms with Gasteiger partial charge in [-0.15, -0.1) is 0 Å². The molecule has 1 N–H and O–H groups in total. The molecule has 0 aliphatic heterocycles. The molecule has 1 aromatic rings. The van der Waals surface area contributed by atoms with Crippen LogP contribution < -0.4 is 5.32 Å². The Morgan fingerprint density at radius 2 is 1.83 bits per heavy atom. The van der Waals surface area contributed by atoms with E-state index in [0.29, 0.717) is 6.04 Å². The van der Waals surface area contributed by atoms with Crippen molar-refractivity contribution >= 4 is 16.7 Å². The molecule has 0 bridgehead atoms. The van der Waals surface area contributed by atoms with Crippen molar-refractivity contribution in [2.45, 2.75) is 72.3 Å². The van der Waals surface area contributed by atoms with Crippen LogP contribution in [0.4, 0.5) is 5.13 Å². The minimum absolute atomic E-state index is 0.0390. The fourth-order valence-corrected chi connectivity index (χ4v) is 2.57. The molecule has 0 fully saturated rings. The topological polar surface area (TPSA) is 37.8 Å². The molecule has 1 atom stereocenters. The van der Waals surface area contributed by atoms with Gasteiger partial charge in [-0.25, -0.2) is 4.98 Å². The van der Waals surface area contributed by atoms with Crippen molar-refractivity contribution in [3.8, 4) is 0 Å². The zero-order valence-corrected chi connectivity index (χ0v) is 13.4. The van der Waals surface area contributed by atoms with E-state index in [0.717, 1.165) is 16.9 Å². The summed E-state index contributed by atoms with van der Waals surface area (Å²) in [6, 6.07) is 0.476. The average Bonchev–Trinajstić information content (AvgIpc) is 2.64. The molecule has 1 heterocycles. The van der Waals surface area contributed by atoms with Gasteiger partial charge < -0.3 is 5.32 Å². The van der Waals surface area contributed by atoms with E-state index in [1.54, 1.807) is 0 Å². The lowest BCUT2D eigenvalue weighted by Gasteiger charge is -2.14. The van der Waals surface area contributed by atoms with Gasteiger partial charge in [-0.3, -0.25) is 0 Å². The lowest BCUT2D eigenvalue weighted by Crippen LogP contribution is -2.16. The van der Waals surface area contributed by atoms with Gasteiger partial charge in [0, 0.05) is 23.0 Å². The maximum atomic E-state index is 4.56. The first-order valence-corrected chi connectivity index (χ1v) is 7.67. The number of hydrogen-bond acceptors (Lipinski definition) is 4. The van der Waals surface area contributed by atoms with Crippen LogP contribution in [0, 0.1) is 5.92 Å². The summed E-state index contributed by atoms with van der Waals surface area (Å²) < 4.78 is 4.42. The largest absolute Gasteiger partial charge is 0.358 e. The molecule has 4 heteroatoms. The molecule has 0 aliphatic carbocycles. The van der Waals surface area contributed by atoms with Crippen LogP contribution >= 0.6 is 11.5 Å². The van der Waals surface area contributed by atoms with Gasteiger partial charge >= 0.3 is 0 Å². The van der Waals surface area contributed by atoms with Crippen molar-refractivity contribution in [3.63, 3.8) is 0 Å². The van der Waals surface area contributed by atoms with Gasteiger partial charge in [-0.1, -0.05) is 47.5 Å². The number of rotatable bonds is 6. The first kappa shape index (κ1) is 15.4. The van der Waals surface area contributed by atoms with Gasteiger partial charge in [-0.2, -0.15) is 4.37 Å². The molecule has 0 aromatic carbocycles. The quantitative estimate of drug-likeness (QED) is 0.828. The van der Waals surface area contributed by atoms with Gasteiger partial charge in [0.2, 0.25) is 5.13 Å². The Morgan fingerprint density at radius 3 is 2.33 bits per heavy atom. The first-order chi connectivity index (χ1) is 8.29. The molecule has 1 rings (SSSR count). The Kier molecular flexibility index (Phi) is 5.57. The Balaban J connectivity index is 2.40. The van der Waals surface area contributed by atoms with E-state index in [-0.39, 0.29) is 5.41 Å². The average molecular weight is 269 g/mol. The number of hydrogen-bond donors (Lipinski definition) is 1. The van der Waals surface area contributed by atoms with Gasteiger partial charge in [0.05, 0.1) is 0 Å². The fraction of sp³-hybridized carbons (Fsp3) is 0.857. The third kappa shape index (κ3) is 5.34. The van der Waals surface area contributed by atoms with Crippen molar-refractivity contribution in [2.24, 2.45) is 5.92 Å². The zero-order valence-electron chi connectivity index (χ0n) is 12.6. The summed E-state index contributed by atoms with van der Waals surface area (Å²) >= 11 is 1.47. The predicted molar refractivity (Wildman–Crippen MR) is 80.4 cm³/mol. The minimum atomic E-state index is 0.0390. The maximum absolute atomic E-state index is 4.56. The van der Waals surface area contributed by atoms with E-state index in [9.17, 15) is 0 Å². The summed E-state index contributed by atoms with van der Waals surface area (Å²) in [5.74, 6) is 1.73. The Bertz CT molecular complexity index is 352. The molecular weight excluding hydrogens is 242 g/mol. The van der Waals surface area contributed by atoms with Crippen LogP contribution in [0.3, 0.4) is 0 Å². The number of nitrogens with zero attached hydrogens (tertiary/aromatic N) is 2. The molecule has 0 saturated heterocycles. The second-order valence-corrected chi connectivity index (χ2v) is 7.30. The summed E-state index contributed by atoms with van der Waals surface area (Å²) in [5, 5.41) is 4.41. The highest BCUT2D eigenvalue weighted by molar-refractivity contribution is 7.09. The predicted octanol–water partition coefficient (Wildman–Crippen LogP) is 4.46. The van der Waals surface area contributed by atoms with Crippen molar-refractivity contribution in [1.29, 1.82) is 0 Å². The number of anilines is 1. The molecule has 3 nitrogen and oxygen atoms in total. The molecule has 0 saturated carbocycles. The van der Waals surface area contributed by atoms with Crippen molar-refractivity contribution < 1.29 is 0 Å². The monoisotopic (exact) mass is 269 g/mol. The van der Waals surface area contributed by atoms with Crippen LogP contribution in [0.2, 0.25) is 0 Å². The van der Waals surface area contributed by atoms with Gasteiger partial charge in [0.15, 0.2) is 0 Å². The molecule has 0 radical (unpaired) electrons. The van der Waals surface area contributed by atoms with E-state index in [2.05, 4.69) is 56.2 Å². The smallest absolute Gasteiger partial charge is 0.202 e. The van der Waals surface area contributed by atoms with E-state index in [1.807, 2.05) is 0 Å². The van der Waals surface area contributed by atoms with E-state index < -0.39 is 0 Å². The van der Waals surface area contributed by atoms with Crippen molar-refractivity contribution in [2.75, 3.05) is 5.32 Å². The highest BCUT2D eigenvalue weighted by Gasteiger charge is 2.19. The molecule has 0 aliphatic rings. The summed E-state index contributed by atoms with van der Waals surface area (Å²) in [5.41, 5.74) is 0.0390. The summed E-state index contributed by atoms with van der Waals surface area (Å²) in [4.78, 5) is 4.56. The van der Waals surface area contributed by atoms with Crippen LogP contribution in [-0.4, -0.2) is 15.4 Å². The van der Waals surface area contributed by atoms with Crippen molar-refractivity contribution in [1.82, 2.24) is 9.36 Å². The lowest BCUT2D eigenvalue weighted by atomic mass is 9.96. The zero-order chi connectivity index (χ0) is 13.8.